The van der Waals surface area contributed by atoms with Gasteiger partial charge in [0.2, 0.25) is 0 Å². The molecular weight excluding hydrogens is 480 g/mol. The van der Waals surface area contributed by atoms with Crippen molar-refractivity contribution in [2.75, 3.05) is 62.2 Å². The van der Waals surface area contributed by atoms with Crippen LogP contribution >= 0.6 is 0 Å². The lowest BCUT2D eigenvalue weighted by Gasteiger charge is -2.55. The number of pyridine rings is 1. The van der Waals surface area contributed by atoms with Crippen molar-refractivity contribution in [3.63, 3.8) is 0 Å². The van der Waals surface area contributed by atoms with Crippen LogP contribution in [0.3, 0.4) is 0 Å². The molecule has 3 saturated heterocycles. The quantitative estimate of drug-likeness (QED) is 0.568. The molecule has 37 heavy (non-hydrogen) atoms. The number of aromatic nitrogens is 1. The summed E-state index contributed by atoms with van der Waals surface area (Å²) in [6, 6.07) is 2.68. The Balaban J connectivity index is 1.16. The number of carbonyl (C=O) groups is 1. The number of rotatable bonds is 3. The third-order valence-corrected chi connectivity index (χ3v) is 8.35. The van der Waals surface area contributed by atoms with E-state index in [4.69, 9.17) is 9.47 Å². The molecule has 8 nitrogen and oxygen atoms in total. The molecule has 202 valence electrons. The van der Waals surface area contributed by atoms with Crippen LogP contribution in [0, 0.1) is 0 Å². The van der Waals surface area contributed by atoms with Crippen LogP contribution in [0.25, 0.3) is 0 Å². The van der Waals surface area contributed by atoms with Gasteiger partial charge in [-0.2, -0.15) is 0 Å². The minimum atomic E-state index is -2.60. The zero-order valence-electron chi connectivity index (χ0n) is 22.0. The lowest BCUT2D eigenvalue weighted by molar-refractivity contribution is 0.00322. The Kier molecular flexibility index (Phi) is 6.10. The van der Waals surface area contributed by atoms with Gasteiger partial charge in [0.1, 0.15) is 22.7 Å². The highest BCUT2D eigenvalue weighted by Crippen LogP contribution is 2.44. The Morgan fingerprint density at radius 3 is 2.59 bits per heavy atom. The summed E-state index contributed by atoms with van der Waals surface area (Å²) in [7, 11) is 0. The fourth-order valence-electron chi connectivity index (χ4n) is 6.47. The second-order valence-corrected chi connectivity index (χ2v) is 12.0. The standard InChI is InChI=1S/C27H37F2N5O3/c1-26(2,3)37-25(35)32-11-9-31(10-12-32)21-15-34-19(21)7-4-6-18-20(34)14-22(30-23(18)24(28)29)33-16-27(17-33)8-5-13-36-27/h5,8,14,19,21,24H,4,6-7,9-13,15-17H2,1-3H3/t19-,21?/m0/s1. The smallest absolute Gasteiger partial charge is 0.410 e. The number of alkyl halides is 2. The van der Waals surface area contributed by atoms with Gasteiger partial charge >= 0.3 is 6.09 Å². The van der Waals surface area contributed by atoms with E-state index in [2.05, 4.69) is 25.8 Å². The molecule has 5 aliphatic heterocycles. The number of amides is 1. The Hall–Kier alpha value is -2.46. The maximum atomic E-state index is 14.2. The molecule has 5 aliphatic rings. The van der Waals surface area contributed by atoms with E-state index in [0.29, 0.717) is 62.7 Å². The molecule has 0 saturated carbocycles. The van der Waals surface area contributed by atoms with Crippen LogP contribution < -0.4 is 9.80 Å². The van der Waals surface area contributed by atoms with E-state index >= 15 is 0 Å². The fraction of sp³-hybridized carbons (Fsp3) is 0.704. The SMILES string of the molecule is CC(C)(C)OC(=O)N1CCN(C2CN3c4cc(N5CC6(C=CCO6)C5)nc(C(F)F)c4CCC[C@@H]23)CC1. The van der Waals surface area contributed by atoms with Crippen molar-refractivity contribution >= 4 is 17.6 Å². The van der Waals surface area contributed by atoms with Crippen molar-refractivity contribution in [3.8, 4) is 0 Å². The number of hydrogen-bond acceptors (Lipinski definition) is 7. The zero-order valence-corrected chi connectivity index (χ0v) is 22.0. The summed E-state index contributed by atoms with van der Waals surface area (Å²) in [4.78, 5) is 25.5. The predicted octanol–water partition coefficient (Wildman–Crippen LogP) is 3.61. The summed E-state index contributed by atoms with van der Waals surface area (Å²) in [6.45, 7) is 11.2. The van der Waals surface area contributed by atoms with Crippen LogP contribution in [0.4, 0.5) is 25.1 Å². The van der Waals surface area contributed by atoms with Crippen LogP contribution in [0.1, 0.15) is 51.3 Å². The molecule has 0 bridgehead atoms. The molecule has 1 aromatic rings. The minimum Gasteiger partial charge on any atom is -0.444 e. The number of carbonyl (C=O) groups excluding carboxylic acids is 1. The molecular formula is C27H37F2N5O3. The number of hydrogen-bond donors (Lipinski definition) is 0. The maximum absolute atomic E-state index is 14.2. The van der Waals surface area contributed by atoms with Crippen molar-refractivity contribution in [2.24, 2.45) is 0 Å². The summed E-state index contributed by atoms with van der Waals surface area (Å²) in [5, 5.41) is 0. The second-order valence-electron chi connectivity index (χ2n) is 12.0. The zero-order chi connectivity index (χ0) is 25.9. The average Bonchev–Trinajstić information content (AvgIpc) is 3.25. The maximum Gasteiger partial charge on any atom is 0.410 e. The molecule has 1 amide bonds. The van der Waals surface area contributed by atoms with Crippen LogP contribution in [0.15, 0.2) is 18.2 Å². The van der Waals surface area contributed by atoms with Crippen LogP contribution in [-0.4, -0.2) is 96.6 Å². The van der Waals surface area contributed by atoms with E-state index in [1.165, 1.54) is 0 Å². The van der Waals surface area contributed by atoms with Gasteiger partial charge in [-0.3, -0.25) is 4.90 Å². The molecule has 0 N–H and O–H groups in total. The lowest BCUT2D eigenvalue weighted by atomic mass is 9.90. The van der Waals surface area contributed by atoms with Gasteiger partial charge in [-0.15, -0.1) is 0 Å². The Bertz CT molecular complexity index is 1080. The predicted molar refractivity (Wildman–Crippen MR) is 136 cm³/mol. The number of ether oxygens (including phenoxy) is 2. The van der Waals surface area contributed by atoms with E-state index in [0.717, 1.165) is 38.2 Å². The van der Waals surface area contributed by atoms with Crippen molar-refractivity contribution in [2.45, 2.75) is 69.7 Å². The van der Waals surface area contributed by atoms with Gasteiger partial charge in [0.25, 0.3) is 6.43 Å². The highest BCUT2D eigenvalue weighted by atomic mass is 19.3. The number of anilines is 2. The summed E-state index contributed by atoms with van der Waals surface area (Å²) in [5.41, 5.74) is 0.785. The van der Waals surface area contributed by atoms with Crippen LogP contribution in [0.5, 0.6) is 0 Å². The molecule has 3 fully saturated rings. The second kappa shape index (κ2) is 9.08. The van der Waals surface area contributed by atoms with Crippen molar-refractivity contribution in [1.82, 2.24) is 14.8 Å². The van der Waals surface area contributed by atoms with E-state index in [9.17, 15) is 13.6 Å². The lowest BCUT2D eigenvalue weighted by Crippen LogP contribution is -2.69. The molecule has 0 radical (unpaired) electrons. The third-order valence-electron chi connectivity index (χ3n) is 8.35. The van der Waals surface area contributed by atoms with Gasteiger partial charge in [-0.05, 0) is 40.0 Å². The van der Waals surface area contributed by atoms with E-state index in [1.807, 2.05) is 32.9 Å². The molecule has 6 rings (SSSR count). The highest BCUT2D eigenvalue weighted by molar-refractivity contribution is 5.68. The molecule has 6 heterocycles. The minimum absolute atomic E-state index is 0.0635. The molecule has 0 aliphatic carbocycles. The molecule has 10 heteroatoms. The van der Waals surface area contributed by atoms with Gasteiger partial charge in [0, 0.05) is 62.1 Å². The fourth-order valence-corrected chi connectivity index (χ4v) is 6.47. The van der Waals surface area contributed by atoms with Crippen molar-refractivity contribution in [1.29, 1.82) is 0 Å². The molecule has 1 aromatic heterocycles. The number of fused-ring (bicyclic) bond motifs is 3. The van der Waals surface area contributed by atoms with Crippen molar-refractivity contribution < 1.29 is 23.0 Å². The van der Waals surface area contributed by atoms with Gasteiger partial charge in [0.15, 0.2) is 0 Å². The van der Waals surface area contributed by atoms with Gasteiger partial charge in [0.05, 0.1) is 19.7 Å². The summed E-state index contributed by atoms with van der Waals surface area (Å²) < 4.78 is 39.7. The number of halogens is 2. The first-order chi connectivity index (χ1) is 17.6. The first-order valence-electron chi connectivity index (χ1n) is 13.5. The average molecular weight is 518 g/mol. The van der Waals surface area contributed by atoms with Gasteiger partial charge in [-0.25, -0.2) is 18.6 Å². The largest absolute Gasteiger partial charge is 0.444 e. The summed E-state index contributed by atoms with van der Waals surface area (Å²) >= 11 is 0. The number of nitrogens with zero attached hydrogens (tertiary/aromatic N) is 5. The van der Waals surface area contributed by atoms with Crippen LogP contribution in [-0.2, 0) is 15.9 Å². The molecule has 2 atom stereocenters. The molecule has 0 aromatic carbocycles. The third kappa shape index (κ3) is 4.56. The summed E-state index contributed by atoms with van der Waals surface area (Å²) in [6.07, 6.45) is 3.72. The number of piperazine rings is 1. The highest BCUT2D eigenvalue weighted by Gasteiger charge is 2.48. The van der Waals surface area contributed by atoms with Gasteiger partial charge in [-0.1, -0.05) is 12.2 Å². The van der Waals surface area contributed by atoms with Crippen LogP contribution in [0.2, 0.25) is 0 Å². The van der Waals surface area contributed by atoms with Gasteiger partial charge < -0.3 is 24.2 Å². The Morgan fingerprint density at radius 1 is 1.19 bits per heavy atom. The van der Waals surface area contributed by atoms with E-state index in [-0.39, 0.29) is 17.4 Å². The Morgan fingerprint density at radius 2 is 1.95 bits per heavy atom. The first-order valence-corrected chi connectivity index (χ1v) is 13.5. The Labute approximate surface area is 217 Å². The monoisotopic (exact) mass is 517 g/mol. The summed E-state index contributed by atoms with van der Waals surface area (Å²) in [5.74, 6) is 0.624. The normalized spacial score (nSPS) is 27.0. The van der Waals surface area contributed by atoms with Crippen molar-refractivity contribution in [3.05, 3.63) is 29.5 Å². The first kappa shape index (κ1) is 24.9. The molecule has 1 unspecified atom stereocenters. The molecule has 1 spiro atoms. The van der Waals surface area contributed by atoms with E-state index < -0.39 is 12.0 Å². The van der Waals surface area contributed by atoms with E-state index in [1.54, 1.807) is 4.90 Å². The topological polar surface area (TPSA) is 61.4 Å².